The zero-order valence-electron chi connectivity index (χ0n) is 18.3. The Morgan fingerprint density at radius 3 is 2.29 bits per heavy atom. The van der Waals surface area contributed by atoms with E-state index in [9.17, 15) is 13.2 Å². The van der Waals surface area contributed by atoms with Crippen molar-refractivity contribution in [2.75, 3.05) is 19.6 Å². The van der Waals surface area contributed by atoms with Gasteiger partial charge in [-0.05, 0) is 61.8 Å². The number of benzene rings is 1. The van der Waals surface area contributed by atoms with Gasteiger partial charge >= 0.3 is 0 Å². The van der Waals surface area contributed by atoms with Crippen molar-refractivity contribution in [3.8, 4) is 0 Å². The first-order valence-electron chi connectivity index (χ1n) is 11.1. The topological polar surface area (TPSA) is 57.7 Å². The van der Waals surface area contributed by atoms with Crippen LogP contribution in [0.3, 0.4) is 0 Å². The van der Waals surface area contributed by atoms with Crippen molar-refractivity contribution >= 4 is 44.8 Å². The molecule has 0 saturated heterocycles. The Kier molecular flexibility index (Phi) is 7.46. The highest BCUT2D eigenvalue weighted by molar-refractivity contribution is 7.98. The second-order valence-electron chi connectivity index (χ2n) is 8.79. The first-order valence-corrected chi connectivity index (χ1v) is 13.0. The van der Waals surface area contributed by atoms with Crippen LogP contribution < -0.4 is 0 Å². The molecule has 1 aromatic carbocycles. The molecule has 1 spiro atoms. The Morgan fingerprint density at radius 1 is 1.16 bits per heavy atom. The third-order valence-corrected chi connectivity index (χ3v) is 9.23. The first-order chi connectivity index (χ1) is 14.3. The van der Waals surface area contributed by atoms with Gasteiger partial charge in [-0.2, -0.15) is 4.31 Å². The van der Waals surface area contributed by atoms with Crippen LogP contribution in [0.4, 0.5) is 0 Å². The molecule has 1 amide bonds. The van der Waals surface area contributed by atoms with Crippen molar-refractivity contribution in [1.29, 1.82) is 0 Å². The Bertz CT molecular complexity index is 950. The summed E-state index contributed by atoms with van der Waals surface area (Å²) < 4.78 is 29.7. The van der Waals surface area contributed by atoms with Gasteiger partial charge in [0.05, 0.1) is 10.4 Å². The highest BCUT2D eigenvalue weighted by Crippen LogP contribution is 2.54. The molecule has 2 saturated carbocycles. The number of halogens is 2. The summed E-state index contributed by atoms with van der Waals surface area (Å²) in [6, 6.07) is 7.10. The molecule has 1 aromatic rings. The molecular weight excluding hydrogens is 455 g/mol. The van der Waals surface area contributed by atoms with E-state index in [2.05, 4.69) is 0 Å². The fourth-order valence-corrected chi connectivity index (χ4v) is 7.62. The quantitative estimate of drug-likeness (QED) is 0.538. The molecule has 8 heteroatoms. The summed E-state index contributed by atoms with van der Waals surface area (Å²) in [6.45, 7) is 5.36. The third kappa shape index (κ3) is 4.41. The monoisotopic (exact) mass is 486 g/mol. The van der Waals surface area contributed by atoms with Gasteiger partial charge in [0.1, 0.15) is 0 Å². The Labute approximate surface area is 197 Å². The van der Waals surface area contributed by atoms with Gasteiger partial charge in [-0.3, -0.25) is 4.79 Å². The smallest absolute Gasteiger partial charge is 0.244 e. The van der Waals surface area contributed by atoms with Gasteiger partial charge in [0.25, 0.3) is 0 Å². The minimum absolute atomic E-state index is 0. The summed E-state index contributed by atoms with van der Waals surface area (Å²) in [6.07, 6.45) is 6.32. The van der Waals surface area contributed by atoms with Crippen LogP contribution >= 0.6 is 24.0 Å². The highest BCUT2D eigenvalue weighted by Gasteiger charge is 2.57. The van der Waals surface area contributed by atoms with Crippen molar-refractivity contribution in [3.05, 3.63) is 40.4 Å². The van der Waals surface area contributed by atoms with E-state index in [0.717, 1.165) is 44.1 Å². The molecule has 1 aliphatic heterocycles. The molecular formula is C23H32Cl2N2O3S. The van der Waals surface area contributed by atoms with E-state index in [1.165, 1.54) is 0 Å². The van der Waals surface area contributed by atoms with Crippen molar-refractivity contribution < 1.29 is 13.2 Å². The number of sulfonamides is 1. The van der Waals surface area contributed by atoms with Gasteiger partial charge in [-0.15, -0.1) is 12.4 Å². The van der Waals surface area contributed by atoms with Crippen molar-refractivity contribution in [1.82, 2.24) is 9.21 Å². The standard InChI is InChI=1S/C23H31ClN2O3S.ClH/c1-3-21(27)25(4-2)16-20-22(18-9-11-19(24)12-10-18)30(28,29)26(15-17-7-8-17)23(20)13-5-6-14-23;/h9-12,17H,3-8,13-16H2,1-2H3;1H. The molecule has 0 unspecified atom stereocenters. The zero-order chi connectivity index (χ0) is 21.5. The number of hydrogen-bond donors (Lipinski definition) is 0. The summed E-state index contributed by atoms with van der Waals surface area (Å²) in [7, 11) is -3.64. The lowest BCUT2D eigenvalue weighted by Gasteiger charge is -2.37. The first kappa shape index (κ1) is 24.6. The fraction of sp³-hybridized carbons (Fsp3) is 0.609. The van der Waals surface area contributed by atoms with Crippen LogP contribution in [0.2, 0.25) is 5.02 Å². The minimum atomic E-state index is -3.64. The number of nitrogens with zero attached hydrogens (tertiary/aromatic N) is 2. The Balaban J connectivity index is 0.00000272. The summed E-state index contributed by atoms with van der Waals surface area (Å²) in [4.78, 5) is 14.8. The van der Waals surface area contributed by atoms with E-state index in [-0.39, 0.29) is 18.3 Å². The molecule has 172 valence electrons. The molecule has 31 heavy (non-hydrogen) atoms. The Morgan fingerprint density at radius 2 is 1.77 bits per heavy atom. The van der Waals surface area contributed by atoms with Crippen molar-refractivity contribution in [2.45, 2.75) is 64.3 Å². The number of likely N-dealkylation sites (N-methyl/N-ethyl adjacent to an activating group) is 1. The summed E-state index contributed by atoms with van der Waals surface area (Å²) in [5, 5.41) is 0.582. The van der Waals surface area contributed by atoms with Gasteiger partial charge in [0, 0.05) is 31.1 Å². The molecule has 0 atom stereocenters. The molecule has 5 nitrogen and oxygen atoms in total. The maximum Gasteiger partial charge on any atom is 0.244 e. The van der Waals surface area contributed by atoms with Gasteiger partial charge in [0.2, 0.25) is 15.9 Å². The number of amides is 1. The van der Waals surface area contributed by atoms with E-state index in [1.807, 2.05) is 23.1 Å². The second-order valence-corrected chi connectivity index (χ2v) is 11.0. The number of rotatable bonds is 7. The molecule has 2 aliphatic carbocycles. The maximum atomic E-state index is 14.0. The molecule has 0 aromatic heterocycles. The lowest BCUT2D eigenvalue weighted by molar-refractivity contribution is -0.130. The van der Waals surface area contributed by atoms with Gasteiger partial charge in [-0.25, -0.2) is 8.42 Å². The van der Waals surface area contributed by atoms with E-state index in [0.29, 0.717) is 47.5 Å². The molecule has 2 fully saturated rings. The molecule has 0 N–H and O–H groups in total. The predicted octanol–water partition coefficient (Wildman–Crippen LogP) is 5.10. The van der Waals surface area contributed by atoms with E-state index in [1.54, 1.807) is 24.3 Å². The van der Waals surface area contributed by atoms with Crippen LogP contribution in [0.25, 0.3) is 4.91 Å². The SMILES string of the molecule is CCC(=O)N(CC)CC1=C(c2ccc(Cl)cc2)S(=O)(=O)N(CC2CC2)C12CCCC2.Cl. The third-order valence-electron chi connectivity index (χ3n) is 6.91. The molecule has 3 aliphatic rings. The van der Waals surface area contributed by atoms with E-state index >= 15 is 0 Å². The van der Waals surface area contributed by atoms with E-state index in [4.69, 9.17) is 11.6 Å². The van der Waals surface area contributed by atoms with Crippen LogP contribution in [0.1, 0.15) is 64.4 Å². The van der Waals surface area contributed by atoms with Crippen LogP contribution in [0, 0.1) is 5.92 Å². The number of carbonyl (C=O) groups is 1. The number of carbonyl (C=O) groups excluding carboxylic acids is 1. The van der Waals surface area contributed by atoms with Crippen molar-refractivity contribution in [3.63, 3.8) is 0 Å². The van der Waals surface area contributed by atoms with Crippen LogP contribution in [0.5, 0.6) is 0 Å². The Hall–Kier alpha value is -1.08. The zero-order valence-corrected chi connectivity index (χ0v) is 20.7. The van der Waals surface area contributed by atoms with Crippen molar-refractivity contribution in [2.24, 2.45) is 5.92 Å². The van der Waals surface area contributed by atoms with Gasteiger partial charge < -0.3 is 4.90 Å². The highest BCUT2D eigenvalue weighted by atomic mass is 35.5. The minimum Gasteiger partial charge on any atom is -0.339 e. The normalized spacial score (nSPS) is 22.0. The average molecular weight is 487 g/mol. The molecule has 1 heterocycles. The lowest BCUT2D eigenvalue weighted by atomic mass is 9.85. The van der Waals surface area contributed by atoms with Crippen LogP contribution in [0.15, 0.2) is 29.8 Å². The number of hydrogen-bond acceptors (Lipinski definition) is 3. The summed E-state index contributed by atoms with van der Waals surface area (Å²) >= 11 is 6.09. The average Bonchev–Trinajstić information content (AvgIpc) is 3.39. The van der Waals surface area contributed by atoms with Gasteiger partial charge in [-0.1, -0.05) is 43.5 Å². The largest absolute Gasteiger partial charge is 0.339 e. The van der Waals surface area contributed by atoms with Crippen LogP contribution in [-0.2, 0) is 14.8 Å². The molecule has 0 radical (unpaired) electrons. The summed E-state index contributed by atoms with van der Waals surface area (Å²) in [5.74, 6) is 0.522. The molecule has 4 rings (SSSR count). The van der Waals surface area contributed by atoms with E-state index < -0.39 is 15.6 Å². The fourth-order valence-electron chi connectivity index (χ4n) is 5.11. The van der Waals surface area contributed by atoms with Gasteiger partial charge in [0.15, 0.2) is 0 Å². The lowest BCUT2D eigenvalue weighted by Crippen LogP contribution is -2.49. The second kappa shape index (κ2) is 9.42. The predicted molar refractivity (Wildman–Crippen MR) is 128 cm³/mol. The van der Waals surface area contributed by atoms with Crippen LogP contribution in [-0.4, -0.2) is 48.7 Å². The summed E-state index contributed by atoms with van der Waals surface area (Å²) in [5.41, 5.74) is 1.10. The molecule has 0 bridgehead atoms. The maximum absolute atomic E-state index is 14.0.